The summed E-state index contributed by atoms with van der Waals surface area (Å²) in [6, 6.07) is 2.61. The topological polar surface area (TPSA) is 80.7 Å². The summed E-state index contributed by atoms with van der Waals surface area (Å²) in [4.78, 5) is 31.1. The summed E-state index contributed by atoms with van der Waals surface area (Å²) in [5, 5.41) is 2.12. The average molecular weight is 389 g/mol. The highest BCUT2D eigenvalue weighted by Crippen LogP contribution is 2.28. The highest BCUT2D eigenvalue weighted by Gasteiger charge is 2.31. The number of anilines is 1. The van der Waals surface area contributed by atoms with Gasteiger partial charge in [-0.25, -0.2) is 0 Å². The first-order chi connectivity index (χ1) is 13.2. The minimum Gasteiger partial charge on any atom is -0.467 e. The van der Waals surface area contributed by atoms with Gasteiger partial charge < -0.3 is 19.3 Å². The summed E-state index contributed by atoms with van der Waals surface area (Å²) in [7, 11) is 3.03. The predicted octanol–water partition coefficient (Wildman–Crippen LogP) is 1.75. The SMILES string of the molecule is COc1nc(OC)nc(N2CCC(C(=O)N3CCc4sccc4C3)CC2)n1. The zero-order valence-electron chi connectivity index (χ0n) is 15.6. The van der Waals surface area contributed by atoms with E-state index in [0.29, 0.717) is 5.95 Å². The number of thiophene rings is 1. The van der Waals surface area contributed by atoms with Crippen molar-refractivity contribution in [1.82, 2.24) is 19.9 Å². The van der Waals surface area contributed by atoms with Gasteiger partial charge in [0, 0.05) is 37.0 Å². The quantitative estimate of drug-likeness (QED) is 0.788. The molecule has 0 N–H and O–H groups in total. The van der Waals surface area contributed by atoms with Crippen molar-refractivity contribution in [3.8, 4) is 12.0 Å². The number of nitrogens with zero attached hydrogens (tertiary/aromatic N) is 5. The Morgan fingerprint density at radius 3 is 2.48 bits per heavy atom. The third kappa shape index (κ3) is 3.69. The molecule has 0 unspecified atom stereocenters. The summed E-state index contributed by atoms with van der Waals surface area (Å²) in [5.41, 5.74) is 1.31. The molecule has 0 radical (unpaired) electrons. The van der Waals surface area contributed by atoms with Crippen molar-refractivity contribution in [3.63, 3.8) is 0 Å². The third-order valence-electron chi connectivity index (χ3n) is 5.19. The van der Waals surface area contributed by atoms with Gasteiger partial charge in [0.05, 0.1) is 14.2 Å². The normalized spacial score (nSPS) is 17.6. The summed E-state index contributed by atoms with van der Waals surface area (Å²) < 4.78 is 10.2. The van der Waals surface area contributed by atoms with Crippen LogP contribution in [0.3, 0.4) is 0 Å². The van der Waals surface area contributed by atoms with Crippen LogP contribution in [-0.2, 0) is 17.8 Å². The van der Waals surface area contributed by atoms with E-state index in [-0.39, 0.29) is 23.8 Å². The molecule has 0 atom stereocenters. The van der Waals surface area contributed by atoms with Crippen molar-refractivity contribution >= 4 is 23.2 Å². The number of amides is 1. The molecule has 1 amide bonds. The van der Waals surface area contributed by atoms with E-state index in [2.05, 4.69) is 31.3 Å². The van der Waals surface area contributed by atoms with Gasteiger partial charge in [0.15, 0.2) is 0 Å². The van der Waals surface area contributed by atoms with Gasteiger partial charge in [-0.2, -0.15) is 9.97 Å². The number of hydrogen-bond acceptors (Lipinski definition) is 8. The Labute approximate surface area is 162 Å². The van der Waals surface area contributed by atoms with Gasteiger partial charge in [-0.15, -0.1) is 16.3 Å². The van der Waals surface area contributed by atoms with Crippen LogP contribution in [0, 0.1) is 5.92 Å². The smallest absolute Gasteiger partial charge is 0.324 e. The van der Waals surface area contributed by atoms with E-state index in [9.17, 15) is 4.79 Å². The molecule has 0 spiro atoms. The van der Waals surface area contributed by atoms with Crippen molar-refractivity contribution in [2.45, 2.75) is 25.8 Å². The number of hydrogen-bond donors (Lipinski definition) is 0. The van der Waals surface area contributed by atoms with Gasteiger partial charge in [0.1, 0.15) is 0 Å². The van der Waals surface area contributed by atoms with E-state index in [1.54, 1.807) is 11.3 Å². The number of piperidine rings is 1. The lowest BCUT2D eigenvalue weighted by molar-refractivity contribution is -0.137. The van der Waals surface area contributed by atoms with Crippen molar-refractivity contribution in [1.29, 1.82) is 0 Å². The number of methoxy groups -OCH3 is 2. The molecule has 0 aromatic carbocycles. The van der Waals surface area contributed by atoms with Crippen molar-refractivity contribution in [3.05, 3.63) is 21.9 Å². The van der Waals surface area contributed by atoms with Gasteiger partial charge >= 0.3 is 12.0 Å². The molecule has 0 saturated carbocycles. The van der Waals surface area contributed by atoms with Crippen molar-refractivity contribution < 1.29 is 14.3 Å². The van der Waals surface area contributed by atoms with Gasteiger partial charge in [-0.05, 0) is 36.3 Å². The summed E-state index contributed by atoms with van der Waals surface area (Å²) >= 11 is 1.79. The van der Waals surface area contributed by atoms with Crippen molar-refractivity contribution in [2.24, 2.45) is 5.92 Å². The number of rotatable bonds is 4. The molecular weight excluding hydrogens is 366 g/mol. The molecule has 1 saturated heterocycles. The second kappa shape index (κ2) is 7.67. The van der Waals surface area contributed by atoms with Crippen LogP contribution in [0.1, 0.15) is 23.3 Å². The molecule has 144 valence electrons. The second-order valence-corrected chi connectivity index (χ2v) is 7.75. The molecule has 8 nitrogen and oxygen atoms in total. The molecule has 2 aromatic rings. The average Bonchev–Trinajstić information content (AvgIpc) is 3.20. The Bertz CT molecular complexity index is 797. The molecule has 2 aliphatic heterocycles. The molecule has 4 rings (SSSR count). The first-order valence-electron chi connectivity index (χ1n) is 9.11. The second-order valence-electron chi connectivity index (χ2n) is 6.75. The standard InChI is InChI=1S/C18H23N5O3S/c1-25-17-19-16(20-18(21-17)26-2)22-7-3-12(4-8-22)15(24)23-9-5-14-13(11-23)6-10-27-14/h6,10,12H,3-5,7-9,11H2,1-2H3. The van der Waals surface area contributed by atoms with Crippen LogP contribution in [0.15, 0.2) is 11.4 Å². The van der Waals surface area contributed by atoms with E-state index < -0.39 is 0 Å². The molecule has 0 bridgehead atoms. The van der Waals surface area contributed by atoms with Crippen LogP contribution in [0.5, 0.6) is 12.0 Å². The molecule has 2 aliphatic rings. The van der Waals surface area contributed by atoms with E-state index in [4.69, 9.17) is 9.47 Å². The number of ether oxygens (including phenoxy) is 2. The fraction of sp³-hybridized carbons (Fsp3) is 0.556. The van der Waals surface area contributed by atoms with E-state index in [1.807, 2.05) is 4.90 Å². The number of carbonyl (C=O) groups is 1. The van der Waals surface area contributed by atoms with Crippen LogP contribution in [0.4, 0.5) is 5.95 Å². The maximum atomic E-state index is 13.0. The number of aromatic nitrogens is 3. The number of fused-ring (bicyclic) bond motifs is 1. The van der Waals surface area contributed by atoms with E-state index in [1.165, 1.54) is 24.7 Å². The summed E-state index contributed by atoms with van der Waals surface area (Å²) in [6.07, 6.45) is 2.56. The van der Waals surface area contributed by atoms with Crippen LogP contribution < -0.4 is 14.4 Å². The maximum absolute atomic E-state index is 13.0. The van der Waals surface area contributed by atoms with Crippen LogP contribution >= 0.6 is 11.3 Å². The van der Waals surface area contributed by atoms with Gasteiger partial charge in [-0.3, -0.25) is 4.79 Å². The molecular formula is C18H23N5O3S. The lowest BCUT2D eigenvalue weighted by Gasteiger charge is -2.35. The fourth-order valence-corrected chi connectivity index (χ4v) is 4.56. The summed E-state index contributed by atoms with van der Waals surface area (Å²) in [5.74, 6) is 0.870. The lowest BCUT2D eigenvalue weighted by atomic mass is 9.94. The maximum Gasteiger partial charge on any atom is 0.324 e. The highest BCUT2D eigenvalue weighted by molar-refractivity contribution is 7.10. The molecule has 0 aliphatic carbocycles. The van der Waals surface area contributed by atoms with Crippen LogP contribution in [0.2, 0.25) is 0 Å². The van der Waals surface area contributed by atoms with Crippen LogP contribution in [0.25, 0.3) is 0 Å². The Kier molecular flexibility index (Phi) is 5.11. The Morgan fingerprint density at radius 2 is 1.81 bits per heavy atom. The molecule has 1 fully saturated rings. The first kappa shape index (κ1) is 18.0. The molecule has 27 heavy (non-hydrogen) atoms. The lowest BCUT2D eigenvalue weighted by Crippen LogP contribution is -2.44. The van der Waals surface area contributed by atoms with Crippen molar-refractivity contribution in [2.75, 3.05) is 38.8 Å². The zero-order chi connectivity index (χ0) is 18.8. The highest BCUT2D eigenvalue weighted by atomic mass is 32.1. The fourth-order valence-electron chi connectivity index (χ4n) is 3.67. The van der Waals surface area contributed by atoms with E-state index >= 15 is 0 Å². The van der Waals surface area contributed by atoms with E-state index in [0.717, 1.165) is 45.4 Å². The molecule has 9 heteroatoms. The minimum absolute atomic E-state index is 0.0621. The predicted molar refractivity (Wildman–Crippen MR) is 101 cm³/mol. The largest absolute Gasteiger partial charge is 0.467 e. The Hall–Kier alpha value is -2.42. The summed E-state index contributed by atoms with van der Waals surface area (Å²) in [6.45, 7) is 3.03. The Morgan fingerprint density at radius 1 is 1.11 bits per heavy atom. The Balaban J connectivity index is 1.38. The minimum atomic E-state index is 0.0621. The molecule has 2 aromatic heterocycles. The monoisotopic (exact) mass is 389 g/mol. The van der Waals surface area contributed by atoms with Gasteiger partial charge in [-0.1, -0.05) is 0 Å². The molecule has 4 heterocycles. The van der Waals surface area contributed by atoms with Gasteiger partial charge in [0.25, 0.3) is 0 Å². The number of carbonyl (C=O) groups excluding carboxylic acids is 1. The van der Waals surface area contributed by atoms with Crippen LogP contribution in [-0.4, -0.2) is 59.6 Å². The van der Waals surface area contributed by atoms with Gasteiger partial charge in [0.2, 0.25) is 11.9 Å². The zero-order valence-corrected chi connectivity index (χ0v) is 16.4. The third-order valence-corrected chi connectivity index (χ3v) is 6.22. The first-order valence-corrected chi connectivity index (χ1v) is 9.99.